The van der Waals surface area contributed by atoms with Crippen LogP contribution in [0.2, 0.25) is 0 Å². The van der Waals surface area contributed by atoms with Crippen LogP contribution in [0.1, 0.15) is 31.9 Å². The minimum atomic E-state index is 0.176. The zero-order chi connectivity index (χ0) is 11.5. The SMILES string of the molecule is CSC(C)C(C)(C)c1ccccc1CN. The van der Waals surface area contributed by atoms with Crippen LogP contribution in [-0.2, 0) is 12.0 Å². The number of nitrogens with two attached hydrogens (primary N) is 1. The molecule has 0 aliphatic rings. The Hall–Kier alpha value is -0.470. The molecule has 1 atom stereocenters. The summed E-state index contributed by atoms with van der Waals surface area (Å²) >= 11 is 1.90. The molecule has 0 bridgehead atoms. The molecule has 0 saturated heterocycles. The van der Waals surface area contributed by atoms with Gasteiger partial charge >= 0.3 is 0 Å². The highest BCUT2D eigenvalue weighted by Gasteiger charge is 2.28. The molecule has 0 aliphatic heterocycles. The lowest BCUT2D eigenvalue weighted by atomic mass is 9.79. The lowest BCUT2D eigenvalue weighted by Crippen LogP contribution is -2.30. The maximum absolute atomic E-state index is 5.78. The zero-order valence-electron chi connectivity index (χ0n) is 10.1. The van der Waals surface area contributed by atoms with Crippen molar-refractivity contribution in [2.45, 2.75) is 38.0 Å². The second-order valence-electron chi connectivity index (χ2n) is 4.46. The van der Waals surface area contributed by atoms with Crippen LogP contribution in [0.4, 0.5) is 0 Å². The molecule has 1 nitrogen and oxygen atoms in total. The van der Waals surface area contributed by atoms with E-state index < -0.39 is 0 Å². The first-order valence-corrected chi connectivity index (χ1v) is 6.64. The van der Waals surface area contributed by atoms with E-state index in [1.807, 2.05) is 11.8 Å². The van der Waals surface area contributed by atoms with E-state index in [9.17, 15) is 0 Å². The molecular weight excluding hydrogens is 202 g/mol. The summed E-state index contributed by atoms with van der Waals surface area (Å²) in [5, 5.41) is 0.588. The fourth-order valence-corrected chi connectivity index (χ4v) is 2.56. The van der Waals surface area contributed by atoms with Gasteiger partial charge in [-0.25, -0.2) is 0 Å². The van der Waals surface area contributed by atoms with Gasteiger partial charge in [-0.1, -0.05) is 45.0 Å². The molecule has 1 aromatic rings. The molecule has 2 N–H and O–H groups in total. The van der Waals surface area contributed by atoms with Crippen molar-refractivity contribution in [3.05, 3.63) is 35.4 Å². The Morgan fingerprint density at radius 1 is 1.33 bits per heavy atom. The van der Waals surface area contributed by atoms with Crippen molar-refractivity contribution in [2.24, 2.45) is 5.73 Å². The van der Waals surface area contributed by atoms with Crippen molar-refractivity contribution in [1.29, 1.82) is 0 Å². The van der Waals surface area contributed by atoms with Gasteiger partial charge in [-0.05, 0) is 17.4 Å². The van der Waals surface area contributed by atoms with E-state index in [1.165, 1.54) is 11.1 Å². The fourth-order valence-electron chi connectivity index (χ4n) is 1.84. The second-order valence-corrected chi connectivity index (χ2v) is 5.64. The van der Waals surface area contributed by atoms with E-state index in [1.54, 1.807) is 0 Å². The normalized spacial score (nSPS) is 13.9. The monoisotopic (exact) mass is 223 g/mol. The Labute approximate surface area is 97.4 Å². The van der Waals surface area contributed by atoms with Crippen molar-refractivity contribution in [3.8, 4) is 0 Å². The van der Waals surface area contributed by atoms with E-state index in [0.717, 1.165) is 0 Å². The van der Waals surface area contributed by atoms with Crippen molar-refractivity contribution < 1.29 is 0 Å². The van der Waals surface area contributed by atoms with Crippen LogP contribution in [-0.4, -0.2) is 11.5 Å². The standard InChI is InChI=1S/C13H21NS/c1-10(15-4)13(2,3)12-8-6-5-7-11(12)9-14/h5-8,10H,9,14H2,1-4H3. The molecular formula is C13H21NS. The number of benzene rings is 1. The molecule has 84 valence electrons. The number of thioether (sulfide) groups is 1. The second kappa shape index (κ2) is 5.04. The first-order chi connectivity index (χ1) is 7.04. The van der Waals surface area contributed by atoms with E-state index in [-0.39, 0.29) is 5.41 Å². The molecule has 0 fully saturated rings. The van der Waals surface area contributed by atoms with Gasteiger partial charge in [0.05, 0.1) is 0 Å². The molecule has 0 heterocycles. The Kier molecular flexibility index (Phi) is 4.23. The highest BCUT2D eigenvalue weighted by molar-refractivity contribution is 7.99. The average molecular weight is 223 g/mol. The molecule has 0 aromatic heterocycles. The Bertz CT molecular complexity index is 320. The highest BCUT2D eigenvalue weighted by atomic mass is 32.2. The van der Waals surface area contributed by atoms with Gasteiger partial charge in [0.15, 0.2) is 0 Å². The maximum Gasteiger partial charge on any atom is 0.0181 e. The molecule has 1 unspecified atom stereocenters. The van der Waals surface area contributed by atoms with Gasteiger partial charge in [0.2, 0.25) is 0 Å². The minimum Gasteiger partial charge on any atom is -0.326 e. The van der Waals surface area contributed by atoms with E-state index in [0.29, 0.717) is 11.8 Å². The minimum absolute atomic E-state index is 0.176. The van der Waals surface area contributed by atoms with Crippen LogP contribution in [0.3, 0.4) is 0 Å². The van der Waals surface area contributed by atoms with Crippen LogP contribution >= 0.6 is 11.8 Å². The molecule has 1 aromatic carbocycles. The smallest absolute Gasteiger partial charge is 0.0181 e. The maximum atomic E-state index is 5.78. The van der Waals surface area contributed by atoms with Gasteiger partial charge in [-0.3, -0.25) is 0 Å². The van der Waals surface area contributed by atoms with Crippen LogP contribution < -0.4 is 5.73 Å². The van der Waals surface area contributed by atoms with Gasteiger partial charge in [-0.2, -0.15) is 11.8 Å². The first-order valence-electron chi connectivity index (χ1n) is 5.35. The summed E-state index contributed by atoms with van der Waals surface area (Å²) in [6.45, 7) is 7.49. The van der Waals surface area contributed by atoms with Crippen LogP contribution in [0.5, 0.6) is 0 Å². The molecule has 1 rings (SSSR count). The third kappa shape index (κ3) is 2.56. The largest absolute Gasteiger partial charge is 0.326 e. The van der Waals surface area contributed by atoms with Gasteiger partial charge in [-0.15, -0.1) is 0 Å². The summed E-state index contributed by atoms with van der Waals surface area (Å²) in [7, 11) is 0. The van der Waals surface area contributed by atoms with Crippen LogP contribution in [0, 0.1) is 0 Å². The fraction of sp³-hybridized carbons (Fsp3) is 0.538. The lowest BCUT2D eigenvalue weighted by molar-refractivity contribution is 0.515. The van der Waals surface area contributed by atoms with Crippen molar-refractivity contribution in [2.75, 3.05) is 6.26 Å². The van der Waals surface area contributed by atoms with Gasteiger partial charge < -0.3 is 5.73 Å². The Balaban J connectivity index is 3.13. The summed E-state index contributed by atoms with van der Waals surface area (Å²) in [6, 6.07) is 8.49. The summed E-state index contributed by atoms with van der Waals surface area (Å²) < 4.78 is 0. The van der Waals surface area contributed by atoms with Crippen molar-refractivity contribution >= 4 is 11.8 Å². The number of hydrogen-bond acceptors (Lipinski definition) is 2. The molecule has 0 radical (unpaired) electrons. The highest BCUT2D eigenvalue weighted by Crippen LogP contribution is 2.35. The topological polar surface area (TPSA) is 26.0 Å². The average Bonchev–Trinajstić information content (AvgIpc) is 2.27. The molecule has 15 heavy (non-hydrogen) atoms. The van der Waals surface area contributed by atoms with E-state index in [2.05, 4.69) is 51.3 Å². The third-order valence-corrected chi connectivity index (χ3v) is 4.60. The molecule has 0 saturated carbocycles. The predicted molar refractivity (Wildman–Crippen MR) is 70.3 cm³/mol. The van der Waals surface area contributed by atoms with Gasteiger partial charge in [0, 0.05) is 17.2 Å². The molecule has 0 spiro atoms. The van der Waals surface area contributed by atoms with Gasteiger partial charge in [0.25, 0.3) is 0 Å². The van der Waals surface area contributed by atoms with E-state index in [4.69, 9.17) is 5.73 Å². The summed E-state index contributed by atoms with van der Waals surface area (Å²) in [6.07, 6.45) is 2.16. The third-order valence-electron chi connectivity index (χ3n) is 3.30. The zero-order valence-corrected chi connectivity index (χ0v) is 10.9. The summed E-state index contributed by atoms with van der Waals surface area (Å²) in [5.74, 6) is 0. The Morgan fingerprint density at radius 3 is 2.47 bits per heavy atom. The lowest BCUT2D eigenvalue weighted by Gasteiger charge is -2.33. The molecule has 2 heteroatoms. The Morgan fingerprint density at radius 2 is 1.93 bits per heavy atom. The summed E-state index contributed by atoms with van der Waals surface area (Å²) in [5.41, 5.74) is 8.61. The first kappa shape index (κ1) is 12.6. The van der Waals surface area contributed by atoms with Crippen molar-refractivity contribution in [1.82, 2.24) is 0 Å². The van der Waals surface area contributed by atoms with Crippen molar-refractivity contribution in [3.63, 3.8) is 0 Å². The number of rotatable bonds is 4. The van der Waals surface area contributed by atoms with E-state index >= 15 is 0 Å². The number of hydrogen-bond donors (Lipinski definition) is 1. The quantitative estimate of drug-likeness (QED) is 0.848. The molecule has 0 amide bonds. The van der Waals surface area contributed by atoms with Gasteiger partial charge in [0.1, 0.15) is 0 Å². The van der Waals surface area contributed by atoms with Crippen LogP contribution in [0.25, 0.3) is 0 Å². The predicted octanol–water partition coefficient (Wildman–Crippen LogP) is 3.17. The summed E-state index contributed by atoms with van der Waals surface area (Å²) in [4.78, 5) is 0. The molecule has 0 aliphatic carbocycles. The van der Waals surface area contributed by atoms with Crippen LogP contribution in [0.15, 0.2) is 24.3 Å².